The molecule has 10 nitrogen and oxygen atoms in total. The summed E-state index contributed by atoms with van der Waals surface area (Å²) in [6.45, 7) is 6.87. The van der Waals surface area contributed by atoms with E-state index in [1.165, 1.54) is 0 Å². The first-order valence-electron chi connectivity index (χ1n) is 15.8. The average molecular weight is 593 g/mol. The maximum Gasteiger partial charge on any atom is 0.306 e. The third kappa shape index (κ3) is 6.77. The molecule has 10 heteroatoms. The van der Waals surface area contributed by atoms with Crippen LogP contribution < -0.4 is 0 Å². The van der Waals surface area contributed by atoms with Gasteiger partial charge in [-0.05, 0) is 98.2 Å². The third-order valence-corrected chi connectivity index (χ3v) is 11.9. The highest BCUT2D eigenvalue weighted by Gasteiger charge is 2.64. The molecular formula is C32H48O10. The van der Waals surface area contributed by atoms with E-state index in [1.54, 1.807) is 0 Å². The Morgan fingerprint density at radius 1 is 0.714 bits per heavy atom. The van der Waals surface area contributed by atoms with Crippen molar-refractivity contribution >= 4 is 29.8 Å². The van der Waals surface area contributed by atoms with Gasteiger partial charge in [0.25, 0.3) is 0 Å². The minimum atomic E-state index is -1.04. The van der Waals surface area contributed by atoms with Gasteiger partial charge in [0.05, 0.1) is 25.7 Å². The molecular weight excluding hydrogens is 544 g/mol. The monoisotopic (exact) mass is 592 g/mol. The van der Waals surface area contributed by atoms with E-state index in [0.29, 0.717) is 37.0 Å². The van der Waals surface area contributed by atoms with Crippen molar-refractivity contribution in [2.75, 3.05) is 0 Å². The van der Waals surface area contributed by atoms with Gasteiger partial charge in [0, 0.05) is 12.3 Å². The van der Waals surface area contributed by atoms with Crippen molar-refractivity contribution in [2.24, 2.45) is 46.3 Å². The number of aliphatic carboxylic acids is 3. The summed E-state index contributed by atoms with van der Waals surface area (Å²) in [5, 5.41) is 27.3. The number of ether oxygens (including phenoxy) is 2. The molecule has 0 radical (unpaired) electrons. The standard InChI is InChI=1S/C32H48O10/c1-18(4-7-25(33)34)21-5-6-22-30-23(13-15-32(21,22)3)31(2)14-12-20(41-28(39)10-8-26(35)36)16-19(31)17-24(30)42-29(40)11-9-27(37)38/h18-24,30H,4-17H2,1-3H3,(H,33,34)(H,35,36)(H,37,38)/t18-,19+,20-,21-,22+,23+,24+,30+,31+,32-/m1/s1. The topological polar surface area (TPSA) is 164 Å². The van der Waals surface area contributed by atoms with Crippen molar-refractivity contribution in [1.29, 1.82) is 0 Å². The normalized spacial score (nSPS) is 37.8. The van der Waals surface area contributed by atoms with E-state index in [0.717, 1.165) is 38.5 Å². The molecule has 0 aromatic heterocycles. The van der Waals surface area contributed by atoms with Gasteiger partial charge in [0.2, 0.25) is 0 Å². The highest BCUT2D eigenvalue weighted by Crippen LogP contribution is 2.69. The van der Waals surface area contributed by atoms with E-state index in [4.69, 9.17) is 19.7 Å². The zero-order valence-electron chi connectivity index (χ0n) is 25.2. The Bertz CT molecular complexity index is 1060. The molecule has 0 heterocycles. The summed E-state index contributed by atoms with van der Waals surface area (Å²) in [7, 11) is 0. The molecule has 236 valence electrons. The minimum absolute atomic E-state index is 0.0187. The number of hydrogen-bond donors (Lipinski definition) is 3. The molecule has 0 unspecified atom stereocenters. The molecule has 0 aromatic carbocycles. The molecule has 4 saturated carbocycles. The van der Waals surface area contributed by atoms with Crippen LogP contribution in [0.15, 0.2) is 0 Å². The fourth-order valence-corrected chi connectivity index (χ4v) is 9.81. The quantitative estimate of drug-likeness (QED) is 0.253. The lowest BCUT2D eigenvalue weighted by molar-refractivity contribution is -0.199. The number of fused-ring (bicyclic) bond motifs is 5. The summed E-state index contributed by atoms with van der Waals surface area (Å²) in [5.74, 6) is -2.23. The first-order valence-corrected chi connectivity index (χ1v) is 15.8. The highest BCUT2D eigenvalue weighted by molar-refractivity contribution is 5.77. The van der Waals surface area contributed by atoms with E-state index >= 15 is 0 Å². The fraction of sp³-hybridized carbons (Fsp3) is 0.844. The average Bonchev–Trinajstić information content (AvgIpc) is 3.27. The second-order valence-electron chi connectivity index (χ2n) is 14.1. The fourth-order valence-electron chi connectivity index (χ4n) is 9.81. The molecule has 0 saturated heterocycles. The zero-order valence-corrected chi connectivity index (χ0v) is 25.2. The van der Waals surface area contributed by atoms with Crippen molar-refractivity contribution in [1.82, 2.24) is 0 Å². The van der Waals surface area contributed by atoms with Crippen molar-refractivity contribution in [2.45, 2.75) is 123 Å². The van der Waals surface area contributed by atoms with E-state index in [1.807, 2.05) is 0 Å². The Hall–Kier alpha value is -2.65. The summed E-state index contributed by atoms with van der Waals surface area (Å²) >= 11 is 0. The Kier molecular flexibility index (Phi) is 9.93. The van der Waals surface area contributed by atoms with Gasteiger partial charge in [-0.1, -0.05) is 20.8 Å². The lowest BCUT2D eigenvalue weighted by atomic mass is 9.43. The Morgan fingerprint density at radius 3 is 1.90 bits per heavy atom. The summed E-state index contributed by atoms with van der Waals surface area (Å²) in [4.78, 5) is 58.5. The molecule has 4 rings (SSSR count). The van der Waals surface area contributed by atoms with Gasteiger partial charge in [0.15, 0.2) is 0 Å². The Labute approximate surface area is 247 Å². The molecule has 4 aliphatic rings. The Balaban J connectivity index is 1.55. The molecule has 4 fully saturated rings. The van der Waals surface area contributed by atoms with Gasteiger partial charge in [0.1, 0.15) is 12.2 Å². The van der Waals surface area contributed by atoms with Crippen molar-refractivity contribution in [3.63, 3.8) is 0 Å². The van der Waals surface area contributed by atoms with Gasteiger partial charge in [-0.15, -0.1) is 0 Å². The second kappa shape index (κ2) is 12.9. The maximum atomic E-state index is 12.9. The van der Waals surface area contributed by atoms with Gasteiger partial charge >= 0.3 is 29.8 Å². The number of rotatable bonds is 12. The molecule has 4 aliphatic carbocycles. The van der Waals surface area contributed by atoms with Crippen LogP contribution >= 0.6 is 0 Å². The predicted molar refractivity (Wildman–Crippen MR) is 150 cm³/mol. The van der Waals surface area contributed by atoms with E-state index in [9.17, 15) is 29.1 Å². The summed E-state index contributed by atoms with van der Waals surface area (Å²) < 4.78 is 11.9. The van der Waals surface area contributed by atoms with Crippen LogP contribution in [0.5, 0.6) is 0 Å². The lowest BCUT2D eigenvalue weighted by Gasteiger charge is -2.62. The molecule has 10 atom stereocenters. The van der Waals surface area contributed by atoms with Crippen molar-refractivity contribution < 1.29 is 48.8 Å². The third-order valence-electron chi connectivity index (χ3n) is 11.9. The number of carboxylic acid groups (broad SMARTS) is 3. The number of carboxylic acids is 3. The van der Waals surface area contributed by atoms with Gasteiger partial charge in [-0.3, -0.25) is 24.0 Å². The molecule has 0 amide bonds. The first kappa shape index (κ1) is 32.3. The second-order valence-corrected chi connectivity index (χ2v) is 14.1. The van der Waals surface area contributed by atoms with E-state index in [2.05, 4.69) is 20.8 Å². The summed E-state index contributed by atoms with van der Waals surface area (Å²) in [6.07, 6.45) is 6.20. The van der Waals surface area contributed by atoms with Gasteiger partial charge in [-0.2, -0.15) is 0 Å². The number of hydrogen-bond acceptors (Lipinski definition) is 7. The zero-order chi connectivity index (χ0) is 30.8. The van der Waals surface area contributed by atoms with Crippen molar-refractivity contribution in [3.05, 3.63) is 0 Å². The first-order chi connectivity index (χ1) is 19.7. The molecule has 0 spiro atoms. The van der Waals surface area contributed by atoms with Crippen LogP contribution in [0.2, 0.25) is 0 Å². The summed E-state index contributed by atoms with van der Waals surface area (Å²) in [6, 6.07) is 0. The van der Waals surface area contributed by atoms with Crippen LogP contribution in [0, 0.1) is 46.3 Å². The number of carbonyl (C=O) groups is 5. The maximum absolute atomic E-state index is 12.9. The molecule has 0 aliphatic heterocycles. The van der Waals surface area contributed by atoms with E-state index < -0.39 is 29.8 Å². The van der Waals surface area contributed by atoms with Crippen LogP contribution in [0.1, 0.15) is 111 Å². The van der Waals surface area contributed by atoms with Gasteiger partial charge in [-0.25, -0.2) is 0 Å². The lowest BCUT2D eigenvalue weighted by Crippen LogP contribution is -2.59. The smallest absolute Gasteiger partial charge is 0.306 e. The van der Waals surface area contributed by atoms with Crippen LogP contribution in [0.4, 0.5) is 0 Å². The van der Waals surface area contributed by atoms with Crippen LogP contribution in [0.25, 0.3) is 0 Å². The largest absolute Gasteiger partial charge is 0.481 e. The molecule has 0 bridgehead atoms. The minimum Gasteiger partial charge on any atom is -0.481 e. The number of carbonyl (C=O) groups excluding carboxylic acids is 2. The highest BCUT2D eigenvalue weighted by atomic mass is 16.5. The van der Waals surface area contributed by atoms with Crippen LogP contribution in [0.3, 0.4) is 0 Å². The van der Waals surface area contributed by atoms with Gasteiger partial charge < -0.3 is 24.8 Å². The SMILES string of the molecule is C[C@H](CCC(=O)O)[C@H]1CC[C@H]2[C@@H]3[C@@H](OC(=O)CCC(=O)O)C[C@@H]4C[C@H](OC(=O)CCC(=O)O)CC[C@]4(C)[C@H]3CC[C@]12C. The summed E-state index contributed by atoms with van der Waals surface area (Å²) in [5.41, 5.74) is -0.00215. The molecule has 3 N–H and O–H groups in total. The van der Waals surface area contributed by atoms with Crippen molar-refractivity contribution in [3.8, 4) is 0 Å². The molecule has 42 heavy (non-hydrogen) atoms. The Morgan fingerprint density at radius 2 is 1.29 bits per heavy atom. The van der Waals surface area contributed by atoms with Crippen LogP contribution in [-0.4, -0.2) is 57.4 Å². The van der Waals surface area contributed by atoms with E-state index in [-0.39, 0.29) is 72.9 Å². The molecule has 0 aromatic rings. The number of esters is 2. The van der Waals surface area contributed by atoms with Crippen LogP contribution in [-0.2, 0) is 33.4 Å². The predicted octanol–water partition coefficient (Wildman–Crippen LogP) is 5.31.